The van der Waals surface area contributed by atoms with Gasteiger partial charge in [-0.25, -0.2) is 0 Å². The molecule has 0 fully saturated rings. The quantitative estimate of drug-likeness (QED) is 0.235. The van der Waals surface area contributed by atoms with Crippen molar-refractivity contribution in [2.75, 3.05) is 0 Å². The molecule has 0 aliphatic heterocycles. The molecule has 8 aromatic rings. The molecule has 0 amide bonds. The first-order valence-corrected chi connectivity index (χ1v) is 12.4. The lowest BCUT2D eigenvalue weighted by molar-refractivity contribution is 1.21. The maximum Gasteiger partial charge on any atom is 0.0634 e. The van der Waals surface area contributed by atoms with Crippen LogP contribution < -0.4 is 0 Å². The molecule has 0 aliphatic carbocycles. The summed E-state index contributed by atoms with van der Waals surface area (Å²) in [5, 5.41) is 10.5. The number of fused-ring (bicyclic) bond motifs is 10. The molecule has 1 nitrogen and oxygen atoms in total. The van der Waals surface area contributed by atoms with Gasteiger partial charge in [0.15, 0.2) is 0 Å². The summed E-state index contributed by atoms with van der Waals surface area (Å²) in [6.45, 7) is 0. The average Bonchev–Trinajstić information content (AvgIpc) is 3.44. The van der Waals surface area contributed by atoms with E-state index < -0.39 is 0 Å². The van der Waals surface area contributed by atoms with E-state index in [1.165, 1.54) is 69.2 Å². The van der Waals surface area contributed by atoms with Crippen molar-refractivity contribution in [3.63, 3.8) is 0 Å². The molecule has 0 unspecified atom stereocenters. The topological polar surface area (TPSA) is 4.93 Å². The molecule has 0 bridgehead atoms. The van der Waals surface area contributed by atoms with Gasteiger partial charge in [-0.2, -0.15) is 0 Å². The summed E-state index contributed by atoms with van der Waals surface area (Å²) in [7, 11) is 0. The van der Waals surface area contributed by atoms with E-state index in [4.69, 9.17) is 0 Å². The Labute approximate surface area is 200 Å². The second-order valence-electron chi connectivity index (χ2n) is 8.95. The SMILES string of the molecule is c1ccc2c(-n3c4ccccc4c4ccc5sc6c7ccccc7ccc6c5c43)cccc2c1. The molecule has 6 aromatic carbocycles. The normalized spacial score (nSPS) is 12.1. The zero-order chi connectivity index (χ0) is 22.2. The fraction of sp³-hybridized carbons (Fsp3) is 0. The molecule has 0 N–H and O–H groups in total. The van der Waals surface area contributed by atoms with Gasteiger partial charge in [-0.1, -0.05) is 97.1 Å². The molecular weight excluding hydrogens is 430 g/mol. The number of hydrogen-bond acceptors (Lipinski definition) is 1. The van der Waals surface area contributed by atoms with Crippen molar-refractivity contribution in [2.45, 2.75) is 0 Å². The van der Waals surface area contributed by atoms with Crippen molar-refractivity contribution in [3.05, 3.63) is 115 Å². The first-order valence-electron chi connectivity index (χ1n) is 11.6. The van der Waals surface area contributed by atoms with E-state index in [0.717, 1.165) is 0 Å². The van der Waals surface area contributed by atoms with Gasteiger partial charge in [0, 0.05) is 36.3 Å². The van der Waals surface area contributed by atoms with Crippen LogP contribution in [0, 0.1) is 0 Å². The Morgan fingerprint density at radius 1 is 0.471 bits per heavy atom. The van der Waals surface area contributed by atoms with Gasteiger partial charge in [-0.3, -0.25) is 0 Å². The van der Waals surface area contributed by atoms with Gasteiger partial charge >= 0.3 is 0 Å². The van der Waals surface area contributed by atoms with Crippen LogP contribution in [0.5, 0.6) is 0 Å². The lowest BCUT2D eigenvalue weighted by Crippen LogP contribution is -1.95. The second kappa shape index (κ2) is 6.69. The van der Waals surface area contributed by atoms with Crippen molar-refractivity contribution in [2.24, 2.45) is 0 Å². The number of rotatable bonds is 1. The fourth-order valence-corrected chi connectivity index (χ4v) is 6.94. The lowest BCUT2D eigenvalue weighted by Gasteiger charge is -2.12. The van der Waals surface area contributed by atoms with Crippen molar-refractivity contribution in [3.8, 4) is 5.69 Å². The van der Waals surface area contributed by atoms with E-state index in [2.05, 4.69) is 120 Å². The van der Waals surface area contributed by atoms with E-state index in [9.17, 15) is 0 Å². The Hall–Kier alpha value is -4.14. The van der Waals surface area contributed by atoms with Crippen LogP contribution in [0.15, 0.2) is 115 Å². The third-order valence-electron chi connectivity index (χ3n) is 7.17. The highest BCUT2D eigenvalue weighted by molar-refractivity contribution is 7.26. The Morgan fingerprint density at radius 2 is 1.15 bits per heavy atom. The van der Waals surface area contributed by atoms with Crippen LogP contribution in [0.25, 0.3) is 69.2 Å². The highest BCUT2D eigenvalue weighted by Crippen LogP contribution is 2.45. The minimum atomic E-state index is 1.23. The monoisotopic (exact) mass is 449 g/mol. The number of hydrogen-bond donors (Lipinski definition) is 0. The third-order valence-corrected chi connectivity index (χ3v) is 8.37. The maximum absolute atomic E-state index is 2.50. The molecular formula is C32H19NS. The molecule has 0 spiro atoms. The number of nitrogens with zero attached hydrogens (tertiary/aromatic N) is 1. The van der Waals surface area contributed by atoms with E-state index in [1.54, 1.807) is 0 Å². The van der Waals surface area contributed by atoms with Crippen LogP contribution in [0.4, 0.5) is 0 Å². The molecule has 8 rings (SSSR count). The van der Waals surface area contributed by atoms with Crippen LogP contribution in [-0.4, -0.2) is 4.57 Å². The summed E-state index contributed by atoms with van der Waals surface area (Å²) in [4.78, 5) is 0. The predicted octanol–water partition coefficient (Wildman–Crippen LogP) is 9.46. The van der Waals surface area contributed by atoms with Gasteiger partial charge in [0.25, 0.3) is 0 Å². The number of thiophene rings is 1. The molecule has 2 heteroatoms. The summed E-state index contributed by atoms with van der Waals surface area (Å²) in [5.74, 6) is 0. The van der Waals surface area contributed by atoms with Crippen molar-refractivity contribution < 1.29 is 0 Å². The number of aromatic nitrogens is 1. The summed E-state index contributed by atoms with van der Waals surface area (Å²) in [5.41, 5.74) is 3.79. The third kappa shape index (κ3) is 2.33. The maximum atomic E-state index is 2.50. The minimum absolute atomic E-state index is 1.23. The zero-order valence-electron chi connectivity index (χ0n) is 18.3. The molecule has 2 aromatic heterocycles. The molecule has 2 heterocycles. The van der Waals surface area contributed by atoms with Crippen molar-refractivity contribution in [1.82, 2.24) is 4.57 Å². The first-order chi connectivity index (χ1) is 16.9. The van der Waals surface area contributed by atoms with Crippen LogP contribution in [0.1, 0.15) is 0 Å². The molecule has 158 valence electrons. The lowest BCUT2D eigenvalue weighted by atomic mass is 10.0. The fourth-order valence-electron chi connectivity index (χ4n) is 5.70. The van der Waals surface area contributed by atoms with Crippen molar-refractivity contribution >= 4 is 74.9 Å². The average molecular weight is 450 g/mol. The molecule has 0 aliphatic rings. The molecule has 0 saturated carbocycles. The standard InChI is InChI=1S/C32H19NS/c1-3-11-22-20(8-1)10-7-15-27(22)33-28-14-6-5-13-24(28)25-18-19-29-30(31(25)33)26-17-16-21-9-2-4-12-23(21)32(26)34-29/h1-19H. The summed E-state index contributed by atoms with van der Waals surface area (Å²) in [6.07, 6.45) is 0. The van der Waals surface area contributed by atoms with Gasteiger partial charge in [0.2, 0.25) is 0 Å². The van der Waals surface area contributed by atoms with E-state index in [-0.39, 0.29) is 0 Å². The molecule has 0 saturated heterocycles. The number of para-hydroxylation sites is 1. The predicted molar refractivity (Wildman–Crippen MR) is 149 cm³/mol. The largest absolute Gasteiger partial charge is 0.308 e. The van der Waals surface area contributed by atoms with Gasteiger partial charge in [0.1, 0.15) is 0 Å². The Kier molecular flexibility index (Phi) is 3.60. The van der Waals surface area contributed by atoms with Crippen LogP contribution in [-0.2, 0) is 0 Å². The Bertz CT molecular complexity index is 2070. The van der Waals surface area contributed by atoms with Crippen molar-refractivity contribution in [1.29, 1.82) is 0 Å². The summed E-state index contributed by atoms with van der Waals surface area (Å²) < 4.78 is 5.20. The van der Waals surface area contributed by atoms with Crippen LogP contribution in [0.2, 0.25) is 0 Å². The minimum Gasteiger partial charge on any atom is -0.308 e. The van der Waals surface area contributed by atoms with Crippen LogP contribution >= 0.6 is 11.3 Å². The smallest absolute Gasteiger partial charge is 0.0634 e. The zero-order valence-corrected chi connectivity index (χ0v) is 19.1. The highest BCUT2D eigenvalue weighted by Gasteiger charge is 2.19. The molecule has 0 atom stereocenters. The molecule has 0 radical (unpaired) electrons. The first kappa shape index (κ1) is 18.3. The Morgan fingerprint density at radius 3 is 2.03 bits per heavy atom. The molecule has 34 heavy (non-hydrogen) atoms. The van der Waals surface area contributed by atoms with Crippen LogP contribution in [0.3, 0.4) is 0 Å². The summed E-state index contributed by atoms with van der Waals surface area (Å²) in [6, 6.07) is 42.1. The van der Waals surface area contributed by atoms with Gasteiger partial charge < -0.3 is 4.57 Å². The van der Waals surface area contributed by atoms with Gasteiger partial charge in [-0.05, 0) is 34.4 Å². The highest BCUT2D eigenvalue weighted by atomic mass is 32.1. The second-order valence-corrected chi connectivity index (χ2v) is 10.0. The number of benzene rings is 6. The van der Waals surface area contributed by atoms with E-state index in [0.29, 0.717) is 0 Å². The van der Waals surface area contributed by atoms with Gasteiger partial charge in [-0.15, -0.1) is 11.3 Å². The Balaban J connectivity index is 1.66. The van der Waals surface area contributed by atoms with E-state index in [1.807, 2.05) is 11.3 Å². The summed E-state index contributed by atoms with van der Waals surface area (Å²) >= 11 is 1.91. The van der Waals surface area contributed by atoms with Gasteiger partial charge in [0.05, 0.1) is 16.7 Å². The van der Waals surface area contributed by atoms with E-state index >= 15 is 0 Å².